The number of ether oxygens (including phenoxy) is 3. The van der Waals surface area contributed by atoms with E-state index in [1.54, 1.807) is 22.5 Å². The standard InChI is InChI=1S/C27H22N4O3S/c1-2-4-19(5-3-1)17-34-22-9-7-21(8-10-22)23-12-13-28-26-29-27(30-31(23)26)35-18-20-6-11-24-25(16-20)33-15-14-32-24/h1-13,16H,14-15,17-18H2. The van der Waals surface area contributed by atoms with Gasteiger partial charge in [0, 0.05) is 17.5 Å². The number of benzene rings is 3. The van der Waals surface area contributed by atoms with Crippen LogP contribution in [0, 0.1) is 0 Å². The van der Waals surface area contributed by atoms with Gasteiger partial charge in [0.15, 0.2) is 11.5 Å². The number of nitrogens with zero attached hydrogens (tertiary/aromatic N) is 4. The van der Waals surface area contributed by atoms with Crippen molar-refractivity contribution in [3.8, 4) is 28.5 Å². The topological polar surface area (TPSA) is 70.8 Å². The van der Waals surface area contributed by atoms with Gasteiger partial charge in [-0.25, -0.2) is 4.98 Å². The summed E-state index contributed by atoms with van der Waals surface area (Å²) in [5.41, 5.74) is 4.19. The van der Waals surface area contributed by atoms with Gasteiger partial charge in [0.2, 0.25) is 5.16 Å². The summed E-state index contributed by atoms with van der Waals surface area (Å²) >= 11 is 1.56. The van der Waals surface area contributed by atoms with E-state index in [9.17, 15) is 0 Å². The van der Waals surface area contributed by atoms with Gasteiger partial charge in [0.05, 0.1) is 5.69 Å². The molecule has 3 aromatic carbocycles. The molecule has 0 saturated heterocycles. The van der Waals surface area contributed by atoms with Crippen molar-refractivity contribution in [1.29, 1.82) is 0 Å². The number of fused-ring (bicyclic) bond motifs is 2. The average molecular weight is 483 g/mol. The van der Waals surface area contributed by atoms with Gasteiger partial charge in [0.25, 0.3) is 5.78 Å². The molecule has 0 aliphatic carbocycles. The molecule has 6 rings (SSSR count). The highest BCUT2D eigenvalue weighted by molar-refractivity contribution is 7.98. The van der Waals surface area contributed by atoms with E-state index in [1.165, 1.54) is 0 Å². The summed E-state index contributed by atoms with van der Waals surface area (Å²) in [7, 11) is 0. The van der Waals surface area contributed by atoms with Crippen molar-refractivity contribution in [2.24, 2.45) is 0 Å². The fourth-order valence-corrected chi connectivity index (χ4v) is 4.60. The molecule has 5 aromatic rings. The SMILES string of the molecule is c1ccc(COc2ccc(-c3ccnc4nc(SCc5ccc6c(c5)OCCO6)nn34)cc2)cc1. The molecule has 0 unspecified atom stereocenters. The van der Waals surface area contributed by atoms with Crippen LogP contribution in [0.25, 0.3) is 17.0 Å². The van der Waals surface area contributed by atoms with Gasteiger partial charge in [-0.05, 0) is 53.6 Å². The third-order valence-electron chi connectivity index (χ3n) is 5.59. The summed E-state index contributed by atoms with van der Waals surface area (Å²) < 4.78 is 19.0. The van der Waals surface area contributed by atoms with Crippen LogP contribution in [0.5, 0.6) is 17.2 Å². The summed E-state index contributed by atoms with van der Waals surface area (Å²) in [6.45, 7) is 1.70. The second-order valence-electron chi connectivity index (χ2n) is 8.00. The van der Waals surface area contributed by atoms with E-state index in [2.05, 4.69) is 22.1 Å². The zero-order valence-electron chi connectivity index (χ0n) is 18.8. The Hall–Kier alpha value is -4.04. The van der Waals surface area contributed by atoms with Crippen LogP contribution in [0.15, 0.2) is 90.2 Å². The highest BCUT2D eigenvalue weighted by Gasteiger charge is 2.14. The van der Waals surface area contributed by atoms with Gasteiger partial charge in [-0.15, -0.1) is 5.10 Å². The molecular weight excluding hydrogens is 460 g/mol. The van der Waals surface area contributed by atoms with Crippen LogP contribution in [0.2, 0.25) is 0 Å². The minimum Gasteiger partial charge on any atom is -0.489 e. The Morgan fingerprint density at radius 2 is 1.69 bits per heavy atom. The molecule has 0 radical (unpaired) electrons. The molecule has 3 heterocycles. The first kappa shape index (κ1) is 21.5. The summed E-state index contributed by atoms with van der Waals surface area (Å²) in [4.78, 5) is 9.00. The maximum Gasteiger partial charge on any atom is 0.253 e. The lowest BCUT2D eigenvalue weighted by Gasteiger charge is -2.18. The van der Waals surface area contributed by atoms with Gasteiger partial charge >= 0.3 is 0 Å². The molecule has 35 heavy (non-hydrogen) atoms. The average Bonchev–Trinajstić information content (AvgIpc) is 3.35. The first-order chi connectivity index (χ1) is 17.3. The zero-order valence-corrected chi connectivity index (χ0v) is 19.6. The van der Waals surface area contributed by atoms with E-state index in [1.807, 2.05) is 66.7 Å². The Morgan fingerprint density at radius 1 is 0.857 bits per heavy atom. The van der Waals surface area contributed by atoms with Gasteiger partial charge < -0.3 is 14.2 Å². The van der Waals surface area contributed by atoms with Crippen molar-refractivity contribution in [3.63, 3.8) is 0 Å². The quantitative estimate of drug-likeness (QED) is 0.286. The summed E-state index contributed by atoms with van der Waals surface area (Å²) in [6, 6.07) is 26.1. The Labute approximate surface area is 206 Å². The fraction of sp³-hybridized carbons (Fsp3) is 0.148. The molecule has 174 valence electrons. The molecule has 1 aliphatic rings. The van der Waals surface area contributed by atoms with Gasteiger partial charge in [0.1, 0.15) is 25.6 Å². The number of rotatable bonds is 7. The Balaban J connectivity index is 1.17. The maximum absolute atomic E-state index is 5.92. The largest absolute Gasteiger partial charge is 0.489 e. The first-order valence-corrected chi connectivity index (χ1v) is 12.3. The van der Waals surface area contributed by atoms with Crippen molar-refractivity contribution < 1.29 is 14.2 Å². The van der Waals surface area contributed by atoms with Crippen LogP contribution in [-0.2, 0) is 12.4 Å². The molecule has 0 amide bonds. The third kappa shape index (κ3) is 4.79. The van der Waals surface area contributed by atoms with Crippen LogP contribution in [-0.4, -0.2) is 32.8 Å². The van der Waals surface area contributed by atoms with Crippen molar-refractivity contribution in [2.75, 3.05) is 13.2 Å². The lowest BCUT2D eigenvalue weighted by Crippen LogP contribution is -2.15. The molecule has 0 fully saturated rings. The molecule has 0 saturated carbocycles. The molecular formula is C27H22N4O3S. The van der Waals surface area contributed by atoms with Crippen LogP contribution < -0.4 is 14.2 Å². The van der Waals surface area contributed by atoms with Crippen molar-refractivity contribution in [2.45, 2.75) is 17.5 Å². The molecule has 0 atom stereocenters. The number of hydrogen-bond donors (Lipinski definition) is 0. The Morgan fingerprint density at radius 3 is 2.54 bits per heavy atom. The third-order valence-corrected chi connectivity index (χ3v) is 6.50. The molecule has 1 aliphatic heterocycles. The van der Waals surface area contributed by atoms with Crippen molar-refractivity contribution in [1.82, 2.24) is 19.6 Å². The molecule has 8 heteroatoms. The van der Waals surface area contributed by atoms with Crippen molar-refractivity contribution >= 4 is 17.5 Å². The Bertz CT molecular complexity index is 1460. The summed E-state index contributed by atoms with van der Waals surface area (Å²) in [5.74, 6) is 3.68. The monoisotopic (exact) mass is 482 g/mol. The summed E-state index contributed by atoms with van der Waals surface area (Å²) in [6.07, 6.45) is 1.76. The minimum atomic E-state index is 0.534. The molecule has 0 N–H and O–H groups in total. The normalized spacial score (nSPS) is 12.6. The van der Waals surface area contributed by atoms with E-state index in [0.29, 0.717) is 30.8 Å². The van der Waals surface area contributed by atoms with Crippen LogP contribution in [0.1, 0.15) is 11.1 Å². The maximum atomic E-state index is 5.92. The Kier molecular flexibility index (Phi) is 5.94. The minimum absolute atomic E-state index is 0.534. The summed E-state index contributed by atoms with van der Waals surface area (Å²) in [5, 5.41) is 5.38. The lowest BCUT2D eigenvalue weighted by molar-refractivity contribution is 0.171. The van der Waals surface area contributed by atoms with E-state index >= 15 is 0 Å². The molecule has 2 aromatic heterocycles. The highest BCUT2D eigenvalue weighted by Crippen LogP contribution is 2.33. The smallest absolute Gasteiger partial charge is 0.253 e. The van der Waals surface area contributed by atoms with Crippen LogP contribution >= 0.6 is 11.8 Å². The van der Waals surface area contributed by atoms with Crippen LogP contribution in [0.4, 0.5) is 0 Å². The molecule has 0 bridgehead atoms. The van der Waals surface area contributed by atoms with Gasteiger partial charge in [-0.3, -0.25) is 0 Å². The van der Waals surface area contributed by atoms with Crippen LogP contribution in [0.3, 0.4) is 0 Å². The van der Waals surface area contributed by atoms with E-state index < -0.39 is 0 Å². The van der Waals surface area contributed by atoms with E-state index in [-0.39, 0.29) is 0 Å². The van der Waals surface area contributed by atoms with E-state index in [4.69, 9.17) is 19.3 Å². The van der Waals surface area contributed by atoms with Gasteiger partial charge in [-0.2, -0.15) is 9.50 Å². The molecule has 0 spiro atoms. The number of hydrogen-bond acceptors (Lipinski definition) is 7. The zero-order chi connectivity index (χ0) is 23.5. The highest BCUT2D eigenvalue weighted by atomic mass is 32.2. The number of thioether (sulfide) groups is 1. The lowest BCUT2D eigenvalue weighted by atomic mass is 10.1. The first-order valence-electron chi connectivity index (χ1n) is 11.3. The van der Waals surface area contributed by atoms with Gasteiger partial charge in [-0.1, -0.05) is 48.2 Å². The second kappa shape index (κ2) is 9.68. The molecule has 7 nitrogen and oxygen atoms in total. The second-order valence-corrected chi connectivity index (χ2v) is 8.94. The predicted octanol–water partition coefficient (Wildman–Crippen LogP) is 5.43. The fourth-order valence-electron chi connectivity index (χ4n) is 3.84. The number of aromatic nitrogens is 4. The van der Waals surface area contributed by atoms with Crippen molar-refractivity contribution in [3.05, 3.63) is 96.2 Å². The van der Waals surface area contributed by atoms with E-state index in [0.717, 1.165) is 45.4 Å². The predicted molar refractivity (Wildman–Crippen MR) is 134 cm³/mol.